The molecular formula is C18H21N3O4. The zero-order chi connectivity index (χ0) is 18.0. The van der Waals surface area contributed by atoms with Crippen molar-refractivity contribution in [2.75, 3.05) is 11.9 Å². The number of anilines is 1. The van der Waals surface area contributed by atoms with Crippen LogP contribution in [0.5, 0.6) is 5.75 Å². The van der Waals surface area contributed by atoms with E-state index in [0.29, 0.717) is 22.9 Å². The normalized spacial score (nSPS) is 16.2. The van der Waals surface area contributed by atoms with Crippen LogP contribution < -0.4 is 10.1 Å². The van der Waals surface area contributed by atoms with Gasteiger partial charge >= 0.3 is 5.97 Å². The molecule has 0 bridgehead atoms. The number of nitrogens with one attached hydrogen (secondary N) is 1. The van der Waals surface area contributed by atoms with Crippen LogP contribution in [0.3, 0.4) is 0 Å². The van der Waals surface area contributed by atoms with Crippen LogP contribution in [0.2, 0.25) is 0 Å². The first-order valence-electron chi connectivity index (χ1n) is 8.25. The van der Waals surface area contributed by atoms with E-state index < -0.39 is 12.6 Å². The minimum Gasteiger partial charge on any atom is -0.482 e. The van der Waals surface area contributed by atoms with E-state index in [-0.39, 0.29) is 5.91 Å². The number of amides is 1. The lowest BCUT2D eigenvalue weighted by atomic mass is 9.96. The summed E-state index contributed by atoms with van der Waals surface area (Å²) in [4.78, 5) is 23.2. The second kappa shape index (κ2) is 6.96. The number of carbonyl (C=O) groups excluding carboxylic acids is 1. The number of carbonyl (C=O) groups is 2. The third-order valence-electron chi connectivity index (χ3n) is 4.38. The van der Waals surface area contributed by atoms with Crippen molar-refractivity contribution in [2.45, 2.75) is 33.2 Å². The third kappa shape index (κ3) is 3.81. The first-order valence-corrected chi connectivity index (χ1v) is 8.25. The topological polar surface area (TPSA) is 93.4 Å². The molecule has 1 aromatic carbocycles. The van der Waals surface area contributed by atoms with E-state index in [9.17, 15) is 9.59 Å². The summed E-state index contributed by atoms with van der Waals surface area (Å²) < 4.78 is 7.05. The summed E-state index contributed by atoms with van der Waals surface area (Å²) in [5, 5.41) is 15.9. The molecule has 1 aliphatic rings. The van der Waals surface area contributed by atoms with E-state index in [1.807, 2.05) is 11.6 Å². The van der Waals surface area contributed by atoms with Crippen molar-refractivity contribution in [3.05, 3.63) is 41.2 Å². The van der Waals surface area contributed by atoms with Gasteiger partial charge in [-0.1, -0.05) is 6.92 Å². The molecule has 132 valence electrons. The monoisotopic (exact) mass is 343 g/mol. The molecule has 2 heterocycles. The van der Waals surface area contributed by atoms with Gasteiger partial charge in [0.05, 0.1) is 17.5 Å². The predicted molar refractivity (Wildman–Crippen MR) is 92.0 cm³/mol. The molecule has 0 aliphatic carbocycles. The maximum atomic E-state index is 12.6. The predicted octanol–water partition coefficient (Wildman–Crippen LogP) is 2.49. The van der Waals surface area contributed by atoms with Crippen LogP contribution in [-0.2, 0) is 17.8 Å². The van der Waals surface area contributed by atoms with Gasteiger partial charge in [0.25, 0.3) is 5.91 Å². The number of fused-ring (bicyclic) bond motifs is 1. The number of nitrogens with zero attached hydrogens (tertiary/aromatic N) is 2. The summed E-state index contributed by atoms with van der Waals surface area (Å²) in [5.41, 5.74) is 3.05. The number of hydrogen-bond donors (Lipinski definition) is 2. The number of aromatic nitrogens is 2. The van der Waals surface area contributed by atoms with E-state index in [0.717, 1.165) is 30.6 Å². The highest BCUT2D eigenvalue weighted by Crippen LogP contribution is 2.25. The summed E-state index contributed by atoms with van der Waals surface area (Å²) >= 11 is 0. The lowest BCUT2D eigenvalue weighted by Crippen LogP contribution is -2.21. The number of aliphatic carboxylic acids is 1. The van der Waals surface area contributed by atoms with Gasteiger partial charge in [0.1, 0.15) is 5.75 Å². The molecule has 1 atom stereocenters. The van der Waals surface area contributed by atoms with Gasteiger partial charge in [0, 0.05) is 12.2 Å². The zero-order valence-corrected chi connectivity index (χ0v) is 14.3. The molecule has 1 unspecified atom stereocenters. The van der Waals surface area contributed by atoms with Crippen LogP contribution in [0.1, 0.15) is 35.0 Å². The van der Waals surface area contributed by atoms with Crippen molar-refractivity contribution in [3.63, 3.8) is 0 Å². The summed E-state index contributed by atoms with van der Waals surface area (Å²) in [6.07, 6.45) is 3.55. The first-order chi connectivity index (χ1) is 11.9. The quantitative estimate of drug-likeness (QED) is 0.870. The van der Waals surface area contributed by atoms with Gasteiger partial charge in [0.2, 0.25) is 0 Å². The largest absolute Gasteiger partial charge is 0.482 e. The number of carboxylic acid groups (broad SMARTS) is 1. The molecule has 3 rings (SSSR count). The van der Waals surface area contributed by atoms with E-state index in [1.165, 1.54) is 0 Å². The Morgan fingerprint density at radius 2 is 2.24 bits per heavy atom. The number of carboxylic acids is 1. The van der Waals surface area contributed by atoms with Crippen LogP contribution >= 0.6 is 0 Å². The molecule has 0 saturated heterocycles. The standard InChI is InChI=1S/C18H21N3O4/c1-11-5-6-21-16(7-11)14(9-19-21)18(24)20-15-4-3-13(8-12(15)2)25-10-17(22)23/h3-4,8-9,11H,5-7,10H2,1-2H3,(H,20,24)(H,22,23). The maximum Gasteiger partial charge on any atom is 0.341 e. The van der Waals surface area contributed by atoms with Crippen molar-refractivity contribution < 1.29 is 19.4 Å². The Morgan fingerprint density at radius 1 is 1.44 bits per heavy atom. The second-order valence-electron chi connectivity index (χ2n) is 6.44. The Hall–Kier alpha value is -2.83. The number of rotatable bonds is 5. The van der Waals surface area contributed by atoms with Crippen molar-refractivity contribution in [1.29, 1.82) is 0 Å². The van der Waals surface area contributed by atoms with E-state index in [2.05, 4.69) is 17.3 Å². The highest BCUT2D eigenvalue weighted by molar-refractivity contribution is 6.05. The van der Waals surface area contributed by atoms with Crippen LogP contribution in [0.15, 0.2) is 24.4 Å². The molecule has 0 radical (unpaired) electrons. The number of ether oxygens (including phenoxy) is 1. The van der Waals surface area contributed by atoms with Crippen LogP contribution in [0, 0.1) is 12.8 Å². The molecule has 7 heteroatoms. The average molecular weight is 343 g/mol. The second-order valence-corrected chi connectivity index (χ2v) is 6.44. The SMILES string of the molecule is Cc1cc(OCC(=O)O)ccc1NC(=O)c1cnn2c1CC(C)CC2. The molecule has 2 N–H and O–H groups in total. The fourth-order valence-electron chi connectivity index (χ4n) is 2.98. The first kappa shape index (κ1) is 17.0. The minimum absolute atomic E-state index is 0.183. The Bertz CT molecular complexity index is 813. The minimum atomic E-state index is -1.03. The molecule has 25 heavy (non-hydrogen) atoms. The lowest BCUT2D eigenvalue weighted by molar-refractivity contribution is -0.139. The Balaban J connectivity index is 1.73. The van der Waals surface area contributed by atoms with Gasteiger partial charge in [-0.15, -0.1) is 0 Å². The van der Waals surface area contributed by atoms with E-state index >= 15 is 0 Å². The van der Waals surface area contributed by atoms with Crippen molar-refractivity contribution >= 4 is 17.6 Å². The molecule has 0 fully saturated rings. The number of benzene rings is 1. The van der Waals surface area contributed by atoms with E-state index in [1.54, 1.807) is 24.4 Å². The number of hydrogen-bond acceptors (Lipinski definition) is 4. The summed E-state index contributed by atoms with van der Waals surface area (Å²) in [6, 6.07) is 5.05. The van der Waals surface area contributed by atoms with Gasteiger partial charge in [-0.05, 0) is 49.4 Å². The number of aryl methyl sites for hydroxylation is 2. The van der Waals surface area contributed by atoms with Crippen LogP contribution in [0.4, 0.5) is 5.69 Å². The zero-order valence-electron chi connectivity index (χ0n) is 14.3. The molecule has 7 nitrogen and oxygen atoms in total. The highest BCUT2D eigenvalue weighted by Gasteiger charge is 2.23. The lowest BCUT2D eigenvalue weighted by Gasteiger charge is -2.20. The van der Waals surface area contributed by atoms with Gasteiger partial charge < -0.3 is 15.2 Å². The molecule has 1 aromatic heterocycles. The fraction of sp³-hybridized carbons (Fsp3) is 0.389. The molecule has 1 aliphatic heterocycles. The van der Waals surface area contributed by atoms with Crippen molar-refractivity contribution in [1.82, 2.24) is 9.78 Å². The smallest absolute Gasteiger partial charge is 0.341 e. The molecule has 0 saturated carbocycles. The molecule has 0 spiro atoms. The van der Waals surface area contributed by atoms with Gasteiger partial charge in [-0.25, -0.2) is 4.79 Å². The highest BCUT2D eigenvalue weighted by atomic mass is 16.5. The Labute approximate surface area is 145 Å². The molecule has 2 aromatic rings. The van der Waals surface area contributed by atoms with Crippen LogP contribution in [-0.4, -0.2) is 33.4 Å². The molecular weight excluding hydrogens is 322 g/mol. The summed E-state index contributed by atoms with van der Waals surface area (Å²) in [6.45, 7) is 4.46. The van der Waals surface area contributed by atoms with Crippen molar-refractivity contribution in [3.8, 4) is 5.75 Å². The fourth-order valence-corrected chi connectivity index (χ4v) is 2.98. The van der Waals surface area contributed by atoms with E-state index in [4.69, 9.17) is 9.84 Å². The maximum absolute atomic E-state index is 12.6. The van der Waals surface area contributed by atoms with Gasteiger partial charge in [-0.3, -0.25) is 9.48 Å². The van der Waals surface area contributed by atoms with Crippen molar-refractivity contribution in [2.24, 2.45) is 5.92 Å². The van der Waals surface area contributed by atoms with Crippen LogP contribution in [0.25, 0.3) is 0 Å². The van der Waals surface area contributed by atoms with Gasteiger partial charge in [0.15, 0.2) is 6.61 Å². The third-order valence-corrected chi connectivity index (χ3v) is 4.38. The average Bonchev–Trinajstić information content (AvgIpc) is 2.98. The molecule has 1 amide bonds. The summed E-state index contributed by atoms with van der Waals surface area (Å²) in [7, 11) is 0. The Morgan fingerprint density at radius 3 is 2.96 bits per heavy atom. The Kier molecular flexibility index (Phi) is 4.74. The van der Waals surface area contributed by atoms with Gasteiger partial charge in [-0.2, -0.15) is 5.10 Å². The summed E-state index contributed by atoms with van der Waals surface area (Å²) in [5.74, 6) is -0.217.